The highest BCUT2D eigenvalue weighted by atomic mass is 16.6. The fourth-order valence-electron chi connectivity index (χ4n) is 3.11. The molecule has 0 saturated carbocycles. The fraction of sp³-hybridized carbons (Fsp3) is 0.400. The van der Waals surface area contributed by atoms with Gasteiger partial charge in [-0.25, -0.2) is 0 Å². The van der Waals surface area contributed by atoms with E-state index >= 15 is 0 Å². The SMILES string of the molecule is CCCc1cc2c(c(OCCOc3c(O)c(CCC)cc4c3O4)c1O)O2. The number of benzene rings is 2. The highest BCUT2D eigenvalue weighted by Gasteiger charge is 2.33. The first-order chi connectivity index (χ1) is 12.6. The Kier molecular flexibility index (Phi) is 4.18. The van der Waals surface area contributed by atoms with Crippen molar-refractivity contribution >= 4 is 0 Å². The first-order valence-electron chi connectivity index (χ1n) is 9.03. The van der Waals surface area contributed by atoms with Gasteiger partial charge in [0, 0.05) is 11.1 Å². The summed E-state index contributed by atoms with van der Waals surface area (Å²) in [5.41, 5.74) is 1.64. The molecule has 6 nitrogen and oxygen atoms in total. The molecule has 0 amide bonds. The van der Waals surface area contributed by atoms with E-state index < -0.39 is 0 Å². The van der Waals surface area contributed by atoms with Crippen molar-refractivity contribution in [3.8, 4) is 46.0 Å². The van der Waals surface area contributed by atoms with Crippen LogP contribution in [-0.2, 0) is 12.8 Å². The predicted octanol–water partition coefficient (Wildman–Crippen LogP) is 4.67. The number of phenols is 2. The maximum absolute atomic E-state index is 10.3. The minimum atomic E-state index is 0.131. The third-order valence-electron chi connectivity index (χ3n) is 4.46. The number of hydrogen-bond acceptors (Lipinski definition) is 6. The Morgan fingerprint density at radius 3 is 1.58 bits per heavy atom. The van der Waals surface area contributed by atoms with Crippen molar-refractivity contribution < 1.29 is 29.2 Å². The molecule has 2 aliphatic heterocycles. The number of aromatic hydroxyl groups is 2. The average Bonchev–Trinajstić information content (AvgIpc) is 3.52. The van der Waals surface area contributed by atoms with Gasteiger partial charge in [0.1, 0.15) is 13.2 Å². The molecular formula is C20H22O6. The van der Waals surface area contributed by atoms with Crippen LogP contribution in [0.5, 0.6) is 46.0 Å². The van der Waals surface area contributed by atoms with Crippen molar-refractivity contribution in [1.29, 1.82) is 0 Å². The van der Waals surface area contributed by atoms with Crippen LogP contribution >= 0.6 is 0 Å². The molecule has 4 rings (SSSR count). The Bertz CT molecular complexity index is 787. The summed E-state index contributed by atoms with van der Waals surface area (Å²) in [4.78, 5) is 0. The van der Waals surface area contributed by atoms with Crippen LogP contribution in [0, 0.1) is 0 Å². The topological polar surface area (TPSA) is 84.0 Å². The van der Waals surface area contributed by atoms with Gasteiger partial charge in [0.25, 0.3) is 0 Å². The highest BCUT2D eigenvalue weighted by molar-refractivity contribution is 5.71. The summed E-state index contributed by atoms with van der Waals surface area (Å²) >= 11 is 0. The van der Waals surface area contributed by atoms with Crippen LogP contribution in [0.25, 0.3) is 0 Å². The van der Waals surface area contributed by atoms with Gasteiger partial charge in [0.05, 0.1) is 0 Å². The van der Waals surface area contributed by atoms with Gasteiger partial charge < -0.3 is 29.2 Å². The molecule has 2 heterocycles. The van der Waals surface area contributed by atoms with Crippen LogP contribution in [0.15, 0.2) is 12.1 Å². The molecule has 0 atom stereocenters. The van der Waals surface area contributed by atoms with Gasteiger partial charge in [0.15, 0.2) is 23.0 Å². The Morgan fingerprint density at radius 1 is 0.769 bits per heavy atom. The number of fused-ring (bicyclic) bond motifs is 2. The summed E-state index contributed by atoms with van der Waals surface area (Å²) in [6, 6.07) is 3.70. The third-order valence-corrected chi connectivity index (χ3v) is 4.46. The third kappa shape index (κ3) is 2.96. The zero-order valence-corrected chi connectivity index (χ0v) is 14.9. The molecule has 2 aromatic carbocycles. The summed E-state index contributed by atoms with van der Waals surface area (Å²) in [6.07, 6.45) is 3.37. The summed E-state index contributed by atoms with van der Waals surface area (Å²) in [5, 5.41) is 20.7. The van der Waals surface area contributed by atoms with Crippen LogP contribution in [0.2, 0.25) is 0 Å². The van der Waals surface area contributed by atoms with Gasteiger partial charge >= 0.3 is 0 Å². The Labute approximate surface area is 151 Å². The molecule has 0 saturated heterocycles. The zero-order valence-electron chi connectivity index (χ0n) is 14.9. The lowest BCUT2D eigenvalue weighted by atomic mass is 10.1. The molecule has 26 heavy (non-hydrogen) atoms. The first kappa shape index (κ1) is 16.7. The molecule has 0 spiro atoms. The van der Waals surface area contributed by atoms with E-state index in [-0.39, 0.29) is 24.7 Å². The van der Waals surface area contributed by atoms with E-state index in [1.54, 1.807) is 0 Å². The Morgan fingerprint density at radius 2 is 1.19 bits per heavy atom. The van der Waals surface area contributed by atoms with Crippen LogP contribution < -0.4 is 18.9 Å². The maximum Gasteiger partial charge on any atom is 0.215 e. The molecule has 0 bridgehead atoms. The minimum absolute atomic E-state index is 0.131. The molecule has 2 aliphatic rings. The second-order valence-electron chi connectivity index (χ2n) is 6.48. The average molecular weight is 358 g/mol. The Balaban J connectivity index is 1.39. The molecule has 0 radical (unpaired) electrons. The molecule has 138 valence electrons. The molecule has 0 aliphatic carbocycles. The van der Waals surface area contributed by atoms with Gasteiger partial charge in [-0.2, -0.15) is 0 Å². The number of ether oxygens (including phenoxy) is 4. The van der Waals surface area contributed by atoms with Crippen LogP contribution in [0.4, 0.5) is 0 Å². The standard InChI is InChI=1S/C20H22O6/c1-3-5-11-9-13-17(25-13)19(15(11)21)23-7-8-24-20-16(22)12(6-4-2)10-14-18(20)26-14/h9-10,21-22H,3-8H2,1-2H3. The van der Waals surface area contributed by atoms with Crippen LogP contribution in [0.1, 0.15) is 37.8 Å². The predicted molar refractivity (Wildman–Crippen MR) is 95.3 cm³/mol. The summed E-state index contributed by atoms with van der Waals surface area (Å²) in [6.45, 7) is 4.53. The number of rotatable bonds is 9. The van der Waals surface area contributed by atoms with Gasteiger partial charge in [-0.15, -0.1) is 0 Å². The normalized spacial score (nSPS) is 12.5. The van der Waals surface area contributed by atoms with Gasteiger partial charge in [-0.1, -0.05) is 26.7 Å². The lowest BCUT2D eigenvalue weighted by Gasteiger charge is -2.11. The molecule has 0 aromatic heterocycles. The van der Waals surface area contributed by atoms with Crippen molar-refractivity contribution in [1.82, 2.24) is 0 Å². The van der Waals surface area contributed by atoms with E-state index in [9.17, 15) is 10.2 Å². The summed E-state index contributed by atoms with van der Waals surface area (Å²) < 4.78 is 22.1. The highest BCUT2D eigenvalue weighted by Crippen LogP contribution is 2.59. The van der Waals surface area contributed by atoms with E-state index in [1.807, 2.05) is 12.1 Å². The summed E-state index contributed by atoms with van der Waals surface area (Å²) in [5.74, 6) is 3.68. The second-order valence-corrected chi connectivity index (χ2v) is 6.48. The monoisotopic (exact) mass is 358 g/mol. The van der Waals surface area contributed by atoms with Crippen molar-refractivity contribution in [3.05, 3.63) is 23.3 Å². The van der Waals surface area contributed by atoms with Crippen molar-refractivity contribution in [2.45, 2.75) is 39.5 Å². The molecule has 2 N–H and O–H groups in total. The van der Waals surface area contributed by atoms with Gasteiger partial charge in [0.2, 0.25) is 23.0 Å². The summed E-state index contributed by atoms with van der Waals surface area (Å²) in [7, 11) is 0. The fourth-order valence-corrected chi connectivity index (χ4v) is 3.11. The lowest BCUT2D eigenvalue weighted by molar-refractivity contribution is 0.205. The molecule has 0 fully saturated rings. The van der Waals surface area contributed by atoms with Crippen molar-refractivity contribution in [3.63, 3.8) is 0 Å². The van der Waals surface area contributed by atoms with E-state index in [1.165, 1.54) is 0 Å². The van der Waals surface area contributed by atoms with Crippen LogP contribution in [0.3, 0.4) is 0 Å². The molecular weight excluding hydrogens is 336 g/mol. The van der Waals surface area contributed by atoms with Gasteiger partial charge in [-0.3, -0.25) is 0 Å². The van der Waals surface area contributed by atoms with Crippen molar-refractivity contribution in [2.75, 3.05) is 13.2 Å². The molecule has 2 aromatic rings. The smallest absolute Gasteiger partial charge is 0.215 e. The lowest BCUT2D eigenvalue weighted by Crippen LogP contribution is -2.09. The molecule has 6 heteroatoms. The largest absolute Gasteiger partial charge is 0.504 e. The number of hydrogen-bond donors (Lipinski definition) is 2. The van der Waals surface area contributed by atoms with Gasteiger partial charge in [-0.05, 0) is 25.0 Å². The quantitative estimate of drug-likeness (QED) is 0.334. The number of aryl methyl sites for hydroxylation is 2. The maximum atomic E-state index is 10.3. The number of phenolic OH excluding ortho intramolecular Hbond substituents is 2. The first-order valence-corrected chi connectivity index (χ1v) is 9.03. The zero-order chi connectivity index (χ0) is 18.3. The Hall–Kier alpha value is -2.76. The van der Waals surface area contributed by atoms with E-state index in [2.05, 4.69) is 13.8 Å². The van der Waals surface area contributed by atoms with E-state index in [4.69, 9.17) is 18.9 Å². The van der Waals surface area contributed by atoms with E-state index in [0.29, 0.717) is 23.0 Å². The van der Waals surface area contributed by atoms with Crippen LogP contribution in [-0.4, -0.2) is 23.4 Å². The second kappa shape index (κ2) is 6.52. The molecule has 0 unspecified atom stereocenters. The minimum Gasteiger partial charge on any atom is -0.504 e. The van der Waals surface area contributed by atoms with E-state index in [0.717, 1.165) is 48.3 Å². The van der Waals surface area contributed by atoms with Crippen molar-refractivity contribution in [2.24, 2.45) is 0 Å².